The van der Waals surface area contributed by atoms with E-state index in [-0.39, 0.29) is 12.5 Å². The maximum Gasteiger partial charge on any atom is 0.206 e. The van der Waals surface area contributed by atoms with Crippen molar-refractivity contribution in [2.75, 3.05) is 6.61 Å². The number of hydrogen-bond acceptors (Lipinski definition) is 5. The minimum absolute atomic E-state index is 0.262. The SMILES string of the molecule is CCOC(=N)C(N)C(=O)c1ccc(N=[N+]=[N-])cc1. The first-order valence-electron chi connectivity index (χ1n) is 5.26. The van der Waals surface area contributed by atoms with E-state index < -0.39 is 11.8 Å². The number of azide groups is 1. The van der Waals surface area contributed by atoms with Crippen LogP contribution in [0.5, 0.6) is 0 Å². The molecule has 0 spiro atoms. The Balaban J connectivity index is 2.83. The topological polar surface area (TPSA) is 125 Å². The van der Waals surface area contributed by atoms with E-state index in [1.54, 1.807) is 6.92 Å². The predicted molar refractivity (Wildman–Crippen MR) is 66.9 cm³/mol. The van der Waals surface area contributed by atoms with E-state index in [0.717, 1.165) is 0 Å². The first kappa shape index (κ1) is 13.7. The fraction of sp³-hybridized carbons (Fsp3) is 0.273. The number of carbonyl (C=O) groups excluding carboxylic acids is 1. The van der Waals surface area contributed by atoms with Crippen molar-refractivity contribution in [3.05, 3.63) is 40.3 Å². The van der Waals surface area contributed by atoms with E-state index >= 15 is 0 Å². The molecule has 0 aliphatic heterocycles. The molecule has 1 unspecified atom stereocenters. The van der Waals surface area contributed by atoms with Gasteiger partial charge in [-0.2, -0.15) is 0 Å². The molecular weight excluding hydrogens is 234 g/mol. The monoisotopic (exact) mass is 247 g/mol. The number of nitrogens with zero attached hydrogens (tertiary/aromatic N) is 3. The van der Waals surface area contributed by atoms with Gasteiger partial charge in [0.25, 0.3) is 0 Å². The second kappa shape index (κ2) is 6.39. The normalized spacial score (nSPS) is 11.2. The molecule has 0 saturated heterocycles. The minimum Gasteiger partial charge on any atom is -0.480 e. The van der Waals surface area contributed by atoms with Crippen molar-refractivity contribution in [2.24, 2.45) is 10.8 Å². The van der Waals surface area contributed by atoms with Crippen LogP contribution in [0.3, 0.4) is 0 Å². The number of carbonyl (C=O) groups is 1. The number of nitrogens with two attached hydrogens (primary N) is 1. The number of rotatable bonds is 5. The molecule has 7 nitrogen and oxygen atoms in total. The van der Waals surface area contributed by atoms with Gasteiger partial charge >= 0.3 is 0 Å². The Morgan fingerprint density at radius 2 is 2.17 bits per heavy atom. The molecule has 0 fully saturated rings. The van der Waals surface area contributed by atoms with Gasteiger partial charge in [0.2, 0.25) is 5.90 Å². The van der Waals surface area contributed by atoms with Crippen molar-refractivity contribution >= 4 is 17.4 Å². The Morgan fingerprint density at radius 1 is 1.56 bits per heavy atom. The van der Waals surface area contributed by atoms with Gasteiger partial charge in [0.15, 0.2) is 5.78 Å². The highest BCUT2D eigenvalue weighted by molar-refractivity contribution is 6.12. The molecule has 0 saturated carbocycles. The van der Waals surface area contributed by atoms with E-state index in [4.69, 9.17) is 21.4 Å². The Morgan fingerprint density at radius 3 is 2.67 bits per heavy atom. The molecule has 0 radical (unpaired) electrons. The Kier molecular flexibility index (Phi) is 4.86. The van der Waals surface area contributed by atoms with E-state index in [9.17, 15) is 4.79 Å². The fourth-order valence-electron chi connectivity index (χ4n) is 1.29. The molecule has 1 aromatic rings. The van der Waals surface area contributed by atoms with Gasteiger partial charge in [0.1, 0.15) is 6.04 Å². The van der Waals surface area contributed by atoms with Crippen LogP contribution in [-0.4, -0.2) is 24.3 Å². The molecule has 18 heavy (non-hydrogen) atoms. The second-order valence-corrected chi connectivity index (χ2v) is 3.38. The van der Waals surface area contributed by atoms with Gasteiger partial charge in [0.05, 0.1) is 6.61 Å². The highest BCUT2D eigenvalue weighted by Gasteiger charge is 2.21. The summed E-state index contributed by atoms with van der Waals surface area (Å²) in [5.74, 6) is -0.678. The number of benzene rings is 1. The molecular formula is C11H13N5O2. The molecule has 3 N–H and O–H groups in total. The quantitative estimate of drug-likeness (QED) is 0.207. The number of ether oxygens (including phenoxy) is 1. The zero-order chi connectivity index (χ0) is 13.5. The Labute approximate surface area is 104 Å². The van der Waals surface area contributed by atoms with Crippen LogP contribution in [0, 0.1) is 5.41 Å². The van der Waals surface area contributed by atoms with Gasteiger partial charge in [-0.15, -0.1) is 0 Å². The molecule has 1 aromatic carbocycles. The van der Waals surface area contributed by atoms with Gasteiger partial charge in [-0.3, -0.25) is 10.2 Å². The largest absolute Gasteiger partial charge is 0.480 e. The molecule has 94 valence electrons. The maximum atomic E-state index is 11.9. The summed E-state index contributed by atoms with van der Waals surface area (Å²) >= 11 is 0. The third-order valence-corrected chi connectivity index (χ3v) is 2.18. The number of Topliss-reactive ketones (excluding diaryl/α,β-unsaturated/α-hetero) is 1. The average molecular weight is 247 g/mol. The van der Waals surface area contributed by atoms with Crippen LogP contribution < -0.4 is 5.73 Å². The number of ketones is 1. The minimum atomic E-state index is -1.12. The van der Waals surface area contributed by atoms with Gasteiger partial charge in [-0.25, -0.2) is 0 Å². The molecule has 0 bridgehead atoms. The van der Waals surface area contributed by atoms with Crippen molar-refractivity contribution in [2.45, 2.75) is 13.0 Å². The Bertz CT molecular complexity index is 491. The average Bonchev–Trinajstić information content (AvgIpc) is 2.38. The first-order chi connectivity index (χ1) is 8.60. The fourth-order valence-corrected chi connectivity index (χ4v) is 1.29. The lowest BCUT2D eigenvalue weighted by molar-refractivity contribution is 0.0974. The first-order valence-corrected chi connectivity index (χ1v) is 5.26. The molecule has 7 heteroatoms. The summed E-state index contributed by atoms with van der Waals surface area (Å²) in [6, 6.07) is 4.88. The number of hydrogen-bond donors (Lipinski definition) is 2. The second-order valence-electron chi connectivity index (χ2n) is 3.38. The maximum absolute atomic E-state index is 11.9. The summed E-state index contributed by atoms with van der Waals surface area (Å²) in [5.41, 5.74) is 14.6. The smallest absolute Gasteiger partial charge is 0.206 e. The van der Waals surface area contributed by atoms with E-state index in [1.807, 2.05) is 0 Å². The highest BCUT2D eigenvalue weighted by Crippen LogP contribution is 2.14. The van der Waals surface area contributed by atoms with Crippen LogP contribution in [-0.2, 0) is 4.74 Å². The number of nitrogens with one attached hydrogen (secondary N) is 1. The summed E-state index contributed by atoms with van der Waals surface area (Å²) in [4.78, 5) is 14.5. The zero-order valence-corrected chi connectivity index (χ0v) is 9.83. The summed E-state index contributed by atoms with van der Waals surface area (Å²) in [6.45, 7) is 2.00. The third-order valence-electron chi connectivity index (χ3n) is 2.18. The molecule has 0 aliphatic rings. The van der Waals surface area contributed by atoms with Crippen LogP contribution in [0.1, 0.15) is 17.3 Å². The van der Waals surface area contributed by atoms with E-state index in [2.05, 4.69) is 10.0 Å². The zero-order valence-electron chi connectivity index (χ0n) is 9.83. The van der Waals surface area contributed by atoms with Crippen molar-refractivity contribution < 1.29 is 9.53 Å². The van der Waals surface area contributed by atoms with Gasteiger partial charge in [-0.1, -0.05) is 29.4 Å². The summed E-state index contributed by atoms with van der Waals surface area (Å²) in [5, 5.41) is 10.8. The lowest BCUT2D eigenvalue weighted by Crippen LogP contribution is -2.39. The van der Waals surface area contributed by atoms with Gasteiger partial charge < -0.3 is 10.5 Å². The summed E-state index contributed by atoms with van der Waals surface area (Å²) < 4.78 is 4.88. The van der Waals surface area contributed by atoms with Crippen molar-refractivity contribution in [1.29, 1.82) is 5.41 Å². The van der Waals surface area contributed by atoms with Crippen LogP contribution in [0.2, 0.25) is 0 Å². The molecule has 1 rings (SSSR count). The van der Waals surface area contributed by atoms with E-state index in [1.165, 1.54) is 24.3 Å². The molecule has 0 amide bonds. The van der Waals surface area contributed by atoms with Gasteiger partial charge in [0, 0.05) is 16.2 Å². The Hall–Kier alpha value is -2.37. The van der Waals surface area contributed by atoms with Crippen LogP contribution in [0.15, 0.2) is 29.4 Å². The standard InChI is InChI=1S/C11H13N5O2/c1-2-18-11(13)9(12)10(17)7-3-5-8(6-4-7)15-16-14/h3-6,9,13H,2,12H2,1H3. The van der Waals surface area contributed by atoms with Gasteiger partial charge in [-0.05, 0) is 12.5 Å². The van der Waals surface area contributed by atoms with Crippen molar-refractivity contribution in [1.82, 2.24) is 0 Å². The van der Waals surface area contributed by atoms with Crippen LogP contribution >= 0.6 is 0 Å². The summed E-state index contributed by atoms with van der Waals surface area (Å²) in [7, 11) is 0. The van der Waals surface area contributed by atoms with E-state index in [0.29, 0.717) is 11.3 Å². The molecule has 0 heterocycles. The highest BCUT2D eigenvalue weighted by atomic mass is 16.5. The molecule has 0 aromatic heterocycles. The molecule has 0 aliphatic carbocycles. The van der Waals surface area contributed by atoms with Crippen LogP contribution in [0.25, 0.3) is 10.4 Å². The predicted octanol–water partition coefficient (Wildman–Crippen LogP) is 2.15. The van der Waals surface area contributed by atoms with Crippen molar-refractivity contribution in [3.63, 3.8) is 0 Å². The van der Waals surface area contributed by atoms with Crippen LogP contribution in [0.4, 0.5) is 5.69 Å². The third kappa shape index (κ3) is 3.31. The summed E-state index contributed by atoms with van der Waals surface area (Å²) in [6.07, 6.45) is 0. The lowest BCUT2D eigenvalue weighted by atomic mass is 10.0. The lowest BCUT2D eigenvalue weighted by Gasteiger charge is -2.12. The molecule has 1 atom stereocenters. The van der Waals surface area contributed by atoms with Crippen molar-refractivity contribution in [3.8, 4) is 0 Å².